The number of methoxy groups -OCH3 is 1. The van der Waals surface area contributed by atoms with Gasteiger partial charge >= 0.3 is 0 Å². The minimum Gasteiger partial charge on any atom is -0.496 e. The highest BCUT2D eigenvalue weighted by Gasteiger charge is 2.16. The Kier molecular flexibility index (Phi) is 3.66. The van der Waals surface area contributed by atoms with Gasteiger partial charge in [0.1, 0.15) is 11.6 Å². The standard InChI is InChI=1S/C11H16FNO2/c1-6-8(10(13)5-14)4-9(12)7(2)11(6)15-3/h4,10,14H,5,13H2,1-3H3. The summed E-state index contributed by atoms with van der Waals surface area (Å²) in [5.74, 6) is 0.130. The van der Waals surface area contributed by atoms with Crippen LogP contribution in [-0.2, 0) is 0 Å². The van der Waals surface area contributed by atoms with Crippen LogP contribution in [0.25, 0.3) is 0 Å². The van der Waals surface area contributed by atoms with E-state index in [2.05, 4.69) is 0 Å². The molecule has 0 amide bonds. The van der Waals surface area contributed by atoms with E-state index in [4.69, 9.17) is 15.6 Å². The molecule has 0 spiro atoms. The van der Waals surface area contributed by atoms with Crippen LogP contribution >= 0.6 is 0 Å². The molecule has 0 radical (unpaired) electrons. The maximum absolute atomic E-state index is 13.5. The molecule has 1 rings (SSSR count). The maximum atomic E-state index is 13.5. The highest BCUT2D eigenvalue weighted by atomic mass is 19.1. The summed E-state index contributed by atoms with van der Waals surface area (Å²) in [6.07, 6.45) is 0. The second-order valence-electron chi connectivity index (χ2n) is 3.52. The van der Waals surface area contributed by atoms with Gasteiger partial charge in [0.25, 0.3) is 0 Å². The van der Waals surface area contributed by atoms with Gasteiger partial charge in [-0.1, -0.05) is 0 Å². The van der Waals surface area contributed by atoms with E-state index in [0.29, 0.717) is 16.9 Å². The molecule has 3 N–H and O–H groups in total. The molecule has 4 heteroatoms. The van der Waals surface area contributed by atoms with Crippen molar-refractivity contribution < 1.29 is 14.2 Å². The van der Waals surface area contributed by atoms with Crippen molar-refractivity contribution in [3.8, 4) is 5.75 Å². The number of nitrogens with two attached hydrogens (primary N) is 1. The Balaban J connectivity index is 3.36. The van der Waals surface area contributed by atoms with E-state index >= 15 is 0 Å². The summed E-state index contributed by atoms with van der Waals surface area (Å²) in [5.41, 5.74) is 7.48. The second kappa shape index (κ2) is 4.59. The van der Waals surface area contributed by atoms with E-state index in [0.717, 1.165) is 5.56 Å². The van der Waals surface area contributed by atoms with E-state index in [1.807, 2.05) is 0 Å². The zero-order valence-electron chi connectivity index (χ0n) is 9.17. The van der Waals surface area contributed by atoms with Gasteiger partial charge in [0.05, 0.1) is 19.8 Å². The van der Waals surface area contributed by atoms with E-state index in [1.165, 1.54) is 13.2 Å². The van der Waals surface area contributed by atoms with Crippen molar-refractivity contribution in [3.63, 3.8) is 0 Å². The number of aliphatic hydroxyl groups excluding tert-OH is 1. The largest absolute Gasteiger partial charge is 0.496 e. The number of ether oxygens (including phenoxy) is 1. The Morgan fingerprint density at radius 3 is 2.53 bits per heavy atom. The number of benzene rings is 1. The molecule has 84 valence electrons. The molecule has 15 heavy (non-hydrogen) atoms. The summed E-state index contributed by atoms with van der Waals surface area (Å²) >= 11 is 0. The molecule has 0 aromatic heterocycles. The van der Waals surface area contributed by atoms with E-state index < -0.39 is 6.04 Å². The summed E-state index contributed by atoms with van der Waals surface area (Å²) < 4.78 is 18.6. The molecule has 1 atom stereocenters. The van der Waals surface area contributed by atoms with E-state index in [-0.39, 0.29) is 12.4 Å². The molecular formula is C11H16FNO2. The van der Waals surface area contributed by atoms with Gasteiger partial charge < -0.3 is 15.6 Å². The monoisotopic (exact) mass is 213 g/mol. The van der Waals surface area contributed by atoms with Crippen molar-refractivity contribution >= 4 is 0 Å². The third kappa shape index (κ3) is 2.11. The third-order valence-corrected chi connectivity index (χ3v) is 2.55. The lowest BCUT2D eigenvalue weighted by molar-refractivity contribution is 0.267. The number of rotatable bonds is 3. The molecule has 0 bridgehead atoms. The Bertz CT molecular complexity index is 366. The first-order chi connectivity index (χ1) is 7.02. The molecule has 0 saturated carbocycles. The molecule has 0 saturated heterocycles. The summed E-state index contributed by atoms with van der Waals surface area (Å²) in [5, 5.41) is 8.95. The highest BCUT2D eigenvalue weighted by Crippen LogP contribution is 2.30. The van der Waals surface area contributed by atoms with Gasteiger partial charge in [0, 0.05) is 5.56 Å². The smallest absolute Gasteiger partial charge is 0.130 e. The van der Waals surface area contributed by atoms with Crippen LogP contribution in [0.5, 0.6) is 5.75 Å². The van der Waals surface area contributed by atoms with Crippen LogP contribution in [0.3, 0.4) is 0 Å². The minimum absolute atomic E-state index is 0.216. The van der Waals surface area contributed by atoms with Gasteiger partial charge in [-0.3, -0.25) is 0 Å². The average Bonchev–Trinajstić information content (AvgIpc) is 2.23. The van der Waals surface area contributed by atoms with E-state index in [9.17, 15) is 4.39 Å². The molecular weight excluding hydrogens is 197 g/mol. The number of hydrogen-bond acceptors (Lipinski definition) is 3. The SMILES string of the molecule is COc1c(C)c(F)cc(C(N)CO)c1C. The fourth-order valence-electron chi connectivity index (χ4n) is 1.66. The molecule has 0 fully saturated rings. The summed E-state index contributed by atoms with van der Waals surface area (Å²) in [6.45, 7) is 3.23. The zero-order valence-corrected chi connectivity index (χ0v) is 9.17. The summed E-state index contributed by atoms with van der Waals surface area (Å²) in [7, 11) is 1.49. The molecule has 0 aliphatic rings. The van der Waals surface area contributed by atoms with Crippen LogP contribution in [0.15, 0.2) is 6.07 Å². The van der Waals surface area contributed by atoms with Gasteiger partial charge in [-0.2, -0.15) is 0 Å². The second-order valence-corrected chi connectivity index (χ2v) is 3.52. The molecule has 1 aromatic carbocycles. The van der Waals surface area contributed by atoms with Crippen molar-refractivity contribution in [2.45, 2.75) is 19.9 Å². The highest BCUT2D eigenvalue weighted by molar-refractivity contribution is 5.47. The van der Waals surface area contributed by atoms with Crippen molar-refractivity contribution in [3.05, 3.63) is 28.6 Å². The Morgan fingerprint density at radius 1 is 1.47 bits per heavy atom. The fourth-order valence-corrected chi connectivity index (χ4v) is 1.66. The fraction of sp³-hybridized carbons (Fsp3) is 0.455. The first kappa shape index (κ1) is 11.9. The zero-order chi connectivity index (χ0) is 11.6. The summed E-state index contributed by atoms with van der Waals surface area (Å²) in [4.78, 5) is 0. The first-order valence-corrected chi connectivity index (χ1v) is 4.73. The molecule has 0 aliphatic carbocycles. The van der Waals surface area contributed by atoms with Crippen LogP contribution < -0.4 is 10.5 Å². The topological polar surface area (TPSA) is 55.5 Å². The van der Waals surface area contributed by atoms with Crippen molar-refractivity contribution in [1.29, 1.82) is 0 Å². The van der Waals surface area contributed by atoms with Gasteiger partial charge in [-0.05, 0) is 31.0 Å². The van der Waals surface area contributed by atoms with Crippen LogP contribution in [-0.4, -0.2) is 18.8 Å². The van der Waals surface area contributed by atoms with Gasteiger partial charge in [0.2, 0.25) is 0 Å². The van der Waals surface area contributed by atoms with Gasteiger partial charge in [0.15, 0.2) is 0 Å². The lowest BCUT2D eigenvalue weighted by Crippen LogP contribution is -2.17. The molecule has 3 nitrogen and oxygen atoms in total. The number of hydrogen-bond donors (Lipinski definition) is 2. The van der Waals surface area contributed by atoms with Crippen LogP contribution in [0.4, 0.5) is 4.39 Å². The maximum Gasteiger partial charge on any atom is 0.130 e. The summed E-state index contributed by atoms with van der Waals surface area (Å²) in [6, 6.07) is 0.780. The first-order valence-electron chi connectivity index (χ1n) is 4.73. The number of aliphatic hydroxyl groups is 1. The van der Waals surface area contributed by atoms with Crippen molar-refractivity contribution in [2.24, 2.45) is 5.73 Å². The average molecular weight is 213 g/mol. The molecule has 1 aromatic rings. The molecule has 0 aliphatic heterocycles. The quantitative estimate of drug-likeness (QED) is 0.798. The lowest BCUT2D eigenvalue weighted by Gasteiger charge is -2.17. The van der Waals surface area contributed by atoms with Crippen molar-refractivity contribution in [1.82, 2.24) is 0 Å². The third-order valence-electron chi connectivity index (χ3n) is 2.55. The molecule has 0 heterocycles. The normalized spacial score (nSPS) is 12.7. The van der Waals surface area contributed by atoms with Crippen LogP contribution in [0.1, 0.15) is 22.7 Å². The van der Waals surface area contributed by atoms with Gasteiger partial charge in [-0.25, -0.2) is 4.39 Å². The van der Waals surface area contributed by atoms with Crippen LogP contribution in [0, 0.1) is 19.7 Å². The minimum atomic E-state index is -0.575. The van der Waals surface area contributed by atoms with E-state index in [1.54, 1.807) is 13.8 Å². The Morgan fingerprint density at radius 2 is 2.07 bits per heavy atom. The Hall–Kier alpha value is -1.13. The van der Waals surface area contributed by atoms with Crippen LogP contribution in [0.2, 0.25) is 0 Å². The predicted octanol–water partition coefficient (Wildman–Crippen LogP) is 1.44. The lowest BCUT2D eigenvalue weighted by atomic mass is 9.98. The van der Waals surface area contributed by atoms with Gasteiger partial charge in [-0.15, -0.1) is 0 Å². The predicted molar refractivity (Wildman–Crippen MR) is 56.4 cm³/mol. The number of halogens is 1. The van der Waals surface area contributed by atoms with Crippen molar-refractivity contribution in [2.75, 3.05) is 13.7 Å². The Labute approximate surface area is 88.7 Å². The molecule has 1 unspecified atom stereocenters.